The largest absolute Gasteiger partial charge is 0.394 e. The average Bonchev–Trinajstić information content (AvgIpc) is 2.96. The highest BCUT2D eigenvalue weighted by Crippen LogP contribution is 2.36. The minimum atomic E-state index is -2.93. The van der Waals surface area contributed by atoms with Crippen molar-refractivity contribution in [2.75, 3.05) is 13.2 Å². The van der Waals surface area contributed by atoms with Crippen molar-refractivity contribution in [3.8, 4) is 0 Å². The van der Waals surface area contributed by atoms with Crippen molar-refractivity contribution in [3.05, 3.63) is 0 Å². The summed E-state index contributed by atoms with van der Waals surface area (Å²) in [6.45, 7) is -1.62. The number of hydrogen-bond donors (Lipinski definition) is 9. The van der Waals surface area contributed by atoms with Gasteiger partial charge in [-0.1, -0.05) is 0 Å². The van der Waals surface area contributed by atoms with Gasteiger partial charge in [-0.2, -0.15) is 0 Å². The van der Waals surface area contributed by atoms with Crippen LogP contribution in [-0.4, -0.2) is 120 Å². The normalized spacial score (nSPS) is 48.6. The van der Waals surface area contributed by atoms with Crippen LogP contribution < -0.4 is 0 Å². The van der Waals surface area contributed by atoms with Crippen molar-refractivity contribution in [1.82, 2.24) is 0 Å². The highest BCUT2D eigenvalue weighted by molar-refractivity contribution is 4.96. The first kappa shape index (κ1) is 19.8. The summed E-state index contributed by atoms with van der Waals surface area (Å²) in [5.41, 5.74) is 0. The Hall–Kier alpha value is -0.480. The van der Waals surface area contributed by atoms with Gasteiger partial charge < -0.3 is 55.4 Å². The topological polar surface area (TPSA) is 210 Å². The van der Waals surface area contributed by atoms with Gasteiger partial charge in [-0.3, -0.25) is 4.74 Å². The molecule has 0 spiro atoms. The van der Waals surface area contributed by atoms with E-state index in [4.69, 9.17) is 24.4 Å². The summed E-state index contributed by atoms with van der Waals surface area (Å²) in [6, 6.07) is 0. The maximum absolute atomic E-state index is 10.2. The molecule has 2 rings (SSSR count). The Morgan fingerprint density at radius 3 is 1.96 bits per heavy atom. The molecule has 12 nitrogen and oxygen atoms in total. The Kier molecular flexibility index (Phi) is 6.12. The monoisotopic (exact) mass is 358 g/mol. The second kappa shape index (κ2) is 7.41. The van der Waals surface area contributed by atoms with Crippen molar-refractivity contribution in [3.63, 3.8) is 0 Å². The quantitative estimate of drug-likeness (QED) is 0.203. The summed E-state index contributed by atoms with van der Waals surface area (Å²) >= 11 is 0. The molecule has 2 aliphatic heterocycles. The first-order valence-corrected chi connectivity index (χ1v) is 7.19. The first-order chi connectivity index (χ1) is 11.2. The molecule has 0 aliphatic carbocycles. The molecule has 12 heteroatoms. The number of aliphatic hydroxyl groups excluding tert-OH is 8. The molecule has 0 saturated carbocycles. The van der Waals surface area contributed by atoms with Gasteiger partial charge in [-0.25, -0.2) is 0 Å². The van der Waals surface area contributed by atoms with Crippen LogP contribution in [0.3, 0.4) is 0 Å². The molecule has 0 amide bonds. The third-order valence-electron chi connectivity index (χ3n) is 4.01. The van der Waals surface area contributed by atoms with Crippen LogP contribution in [0.4, 0.5) is 0 Å². The molecule has 0 aromatic heterocycles. The van der Waals surface area contributed by atoms with Crippen molar-refractivity contribution in [2.24, 2.45) is 0 Å². The summed E-state index contributed by atoms with van der Waals surface area (Å²) in [4.78, 5) is 0. The fraction of sp³-hybridized carbons (Fsp3) is 1.00. The van der Waals surface area contributed by atoms with Gasteiger partial charge in [0.05, 0.1) is 13.2 Å². The molecular formula is C12H22O12. The minimum Gasteiger partial charge on any atom is -0.394 e. The lowest BCUT2D eigenvalue weighted by Gasteiger charge is -2.30. The lowest BCUT2D eigenvalue weighted by Crippen LogP contribution is -2.50. The smallest absolute Gasteiger partial charge is 0.313 e. The number of ether oxygens (including phenoxy) is 3. The van der Waals surface area contributed by atoms with E-state index in [0.29, 0.717) is 0 Å². The van der Waals surface area contributed by atoms with Crippen molar-refractivity contribution in [1.29, 1.82) is 0 Å². The van der Waals surface area contributed by atoms with Gasteiger partial charge in [0.2, 0.25) is 0 Å². The fourth-order valence-electron chi connectivity index (χ4n) is 2.59. The molecule has 0 bridgehead atoms. The Balaban J connectivity index is 2.09. The summed E-state index contributed by atoms with van der Waals surface area (Å²) in [7, 11) is 0. The summed E-state index contributed by atoms with van der Waals surface area (Å²) in [5, 5.41) is 86.0. The summed E-state index contributed by atoms with van der Waals surface area (Å²) < 4.78 is 14.7. The lowest BCUT2D eigenvalue weighted by molar-refractivity contribution is -0.422. The molecule has 2 saturated heterocycles. The molecular weight excluding hydrogens is 336 g/mol. The maximum Gasteiger partial charge on any atom is 0.313 e. The van der Waals surface area contributed by atoms with Crippen LogP contribution in [0.5, 0.6) is 0 Å². The second-order valence-electron chi connectivity index (χ2n) is 5.72. The van der Waals surface area contributed by atoms with E-state index in [1.807, 2.05) is 0 Å². The number of hydrogen-bond acceptors (Lipinski definition) is 12. The van der Waals surface area contributed by atoms with Gasteiger partial charge >= 0.3 is 5.97 Å². The summed E-state index contributed by atoms with van der Waals surface area (Å²) in [5.74, 6) is -2.93. The van der Waals surface area contributed by atoms with Crippen molar-refractivity contribution in [2.45, 2.75) is 61.1 Å². The standard InChI is InChI=1S/C12H22O12/c13-1-3(15)8-5(17)6(18)11(22-8)24-12(21)10(20)7(19)9(23-12)4(16)2-14/h3-11,13-21H,1-2H2/t3-,4-,5+,6+,7-,8+,9-,10+,11+,12-/m0/s1. The van der Waals surface area contributed by atoms with Crippen LogP contribution in [-0.2, 0) is 14.2 Å². The summed E-state index contributed by atoms with van der Waals surface area (Å²) in [6.07, 6.45) is -15.4. The highest BCUT2D eigenvalue weighted by Gasteiger charge is 2.60. The Bertz CT molecular complexity index is 423. The van der Waals surface area contributed by atoms with Gasteiger partial charge in [0, 0.05) is 0 Å². The van der Waals surface area contributed by atoms with Crippen molar-refractivity contribution < 1.29 is 60.2 Å². The van der Waals surface area contributed by atoms with Crippen LogP contribution >= 0.6 is 0 Å². The number of rotatable bonds is 6. The zero-order chi connectivity index (χ0) is 18.2. The van der Waals surface area contributed by atoms with E-state index in [1.54, 1.807) is 0 Å². The molecule has 0 aromatic carbocycles. The van der Waals surface area contributed by atoms with Gasteiger partial charge in [0.25, 0.3) is 0 Å². The molecule has 10 atom stereocenters. The predicted molar refractivity (Wildman–Crippen MR) is 69.8 cm³/mol. The molecule has 9 N–H and O–H groups in total. The van der Waals surface area contributed by atoms with E-state index >= 15 is 0 Å². The van der Waals surface area contributed by atoms with Crippen LogP contribution in [0.15, 0.2) is 0 Å². The third-order valence-corrected chi connectivity index (χ3v) is 4.01. The highest BCUT2D eigenvalue weighted by atomic mass is 16.9. The molecule has 2 heterocycles. The van der Waals surface area contributed by atoms with Gasteiger partial charge in [-0.05, 0) is 0 Å². The van der Waals surface area contributed by atoms with E-state index in [1.165, 1.54) is 0 Å². The molecule has 0 aromatic rings. The SMILES string of the molecule is OC[C@H](O)[C@@H]1O[C@](O)(O[C@H]2O[C@H]([C@@H](O)CO)[C@H](O)[C@H]2O)[C@H](O)[C@H]1O. The Morgan fingerprint density at radius 1 is 0.875 bits per heavy atom. The maximum atomic E-state index is 10.2. The molecule has 142 valence electrons. The molecule has 2 fully saturated rings. The van der Waals surface area contributed by atoms with E-state index in [9.17, 15) is 35.7 Å². The van der Waals surface area contributed by atoms with Crippen LogP contribution in [0, 0.1) is 0 Å². The van der Waals surface area contributed by atoms with E-state index in [0.717, 1.165) is 0 Å². The zero-order valence-corrected chi connectivity index (χ0v) is 12.4. The lowest BCUT2D eigenvalue weighted by atomic mass is 10.1. The Labute approximate surface area is 135 Å². The molecule has 0 radical (unpaired) electrons. The molecule has 24 heavy (non-hydrogen) atoms. The van der Waals surface area contributed by atoms with Crippen LogP contribution in [0.1, 0.15) is 0 Å². The zero-order valence-electron chi connectivity index (χ0n) is 12.4. The fourth-order valence-corrected chi connectivity index (χ4v) is 2.59. The van der Waals surface area contributed by atoms with Gasteiger partial charge in [0.15, 0.2) is 12.4 Å². The van der Waals surface area contributed by atoms with E-state index in [-0.39, 0.29) is 0 Å². The van der Waals surface area contributed by atoms with Crippen LogP contribution in [0.25, 0.3) is 0 Å². The van der Waals surface area contributed by atoms with Gasteiger partial charge in [-0.15, -0.1) is 0 Å². The average molecular weight is 358 g/mol. The van der Waals surface area contributed by atoms with Gasteiger partial charge in [0.1, 0.15) is 42.7 Å². The van der Waals surface area contributed by atoms with Crippen molar-refractivity contribution >= 4 is 0 Å². The third kappa shape index (κ3) is 3.41. The van der Waals surface area contributed by atoms with E-state index < -0.39 is 74.3 Å². The molecule has 2 aliphatic rings. The second-order valence-corrected chi connectivity index (χ2v) is 5.72. The minimum absolute atomic E-state index is 0.784. The van der Waals surface area contributed by atoms with Crippen LogP contribution in [0.2, 0.25) is 0 Å². The van der Waals surface area contributed by atoms with E-state index in [2.05, 4.69) is 0 Å². The first-order valence-electron chi connectivity index (χ1n) is 7.19. The Morgan fingerprint density at radius 2 is 1.42 bits per heavy atom. The predicted octanol–water partition coefficient (Wildman–Crippen LogP) is -6.08. The number of aliphatic hydroxyl groups is 9. The molecule has 0 unspecified atom stereocenters.